The lowest BCUT2D eigenvalue weighted by molar-refractivity contribution is 0.0590. The molecule has 0 radical (unpaired) electrons. The van der Waals surface area contributed by atoms with Gasteiger partial charge >= 0.3 is 5.97 Å². The van der Waals surface area contributed by atoms with Crippen LogP contribution in [-0.4, -0.2) is 44.2 Å². The van der Waals surface area contributed by atoms with Crippen molar-refractivity contribution < 1.29 is 27.4 Å². The average Bonchev–Trinajstić information content (AvgIpc) is 3.03. The van der Waals surface area contributed by atoms with Crippen LogP contribution >= 0.6 is 11.3 Å². The molecule has 0 aliphatic heterocycles. The highest BCUT2D eigenvalue weighted by Gasteiger charge is 2.26. The Labute approximate surface area is 142 Å². The van der Waals surface area contributed by atoms with Crippen LogP contribution in [0.15, 0.2) is 34.0 Å². The van der Waals surface area contributed by atoms with Crippen molar-refractivity contribution in [3.63, 3.8) is 0 Å². The Hall–Kier alpha value is -1.88. The van der Waals surface area contributed by atoms with Gasteiger partial charge in [0.15, 0.2) is 9.90 Å². The molecule has 1 unspecified atom stereocenters. The van der Waals surface area contributed by atoms with Gasteiger partial charge in [0.25, 0.3) is 10.0 Å². The molecule has 10 heteroatoms. The monoisotopic (exact) mass is 374 g/mol. The molecule has 1 aromatic carbocycles. The Kier molecular flexibility index (Phi) is 5.99. The zero-order chi connectivity index (χ0) is 17.7. The standard InChI is InChI=1S/C14H15FN2O5S2/c1-22-13(19)12-14(23-8-16-12)24(20,21)17-7-11(18)6-9-3-2-4-10(15)5-9/h2-5,8,11,17-18H,6-7H2,1H3. The Morgan fingerprint density at radius 1 is 1.50 bits per heavy atom. The van der Waals surface area contributed by atoms with Crippen LogP contribution in [0.3, 0.4) is 0 Å². The van der Waals surface area contributed by atoms with Crippen LogP contribution in [0.5, 0.6) is 0 Å². The second-order valence-electron chi connectivity index (χ2n) is 4.82. The smallest absolute Gasteiger partial charge is 0.358 e. The third-order valence-corrected chi connectivity index (χ3v) is 5.82. The number of carbonyl (C=O) groups is 1. The van der Waals surface area contributed by atoms with Crippen molar-refractivity contribution in [2.45, 2.75) is 16.7 Å². The molecule has 0 amide bonds. The number of nitrogens with one attached hydrogen (secondary N) is 1. The van der Waals surface area contributed by atoms with E-state index in [9.17, 15) is 22.7 Å². The first kappa shape index (κ1) is 18.5. The summed E-state index contributed by atoms with van der Waals surface area (Å²) in [5, 5.41) is 9.93. The first-order chi connectivity index (χ1) is 11.3. The number of methoxy groups -OCH3 is 1. The van der Waals surface area contributed by atoms with Crippen LogP contribution in [0.25, 0.3) is 0 Å². The maximum absolute atomic E-state index is 13.1. The van der Waals surface area contributed by atoms with Crippen molar-refractivity contribution in [2.75, 3.05) is 13.7 Å². The highest BCUT2D eigenvalue weighted by molar-refractivity contribution is 7.91. The fourth-order valence-corrected chi connectivity index (χ4v) is 4.19. The van der Waals surface area contributed by atoms with E-state index in [2.05, 4.69) is 14.4 Å². The molecular weight excluding hydrogens is 359 g/mol. The van der Waals surface area contributed by atoms with Gasteiger partial charge < -0.3 is 9.84 Å². The zero-order valence-electron chi connectivity index (χ0n) is 12.6. The highest BCUT2D eigenvalue weighted by atomic mass is 32.2. The number of hydrogen-bond donors (Lipinski definition) is 2. The van der Waals surface area contributed by atoms with Crippen LogP contribution in [0.4, 0.5) is 4.39 Å². The number of ether oxygens (including phenoxy) is 1. The summed E-state index contributed by atoms with van der Waals surface area (Å²) >= 11 is 0.764. The van der Waals surface area contributed by atoms with Crippen LogP contribution in [0.1, 0.15) is 16.1 Å². The molecule has 0 fully saturated rings. The molecule has 0 aliphatic rings. The normalized spacial score (nSPS) is 12.8. The molecule has 0 aliphatic carbocycles. The second-order valence-corrected chi connectivity index (χ2v) is 7.64. The number of benzene rings is 1. The third kappa shape index (κ3) is 4.57. The molecule has 1 atom stereocenters. The molecule has 0 saturated heterocycles. The predicted octanol–water partition coefficient (Wildman–Crippen LogP) is 0.951. The SMILES string of the molecule is COC(=O)c1ncsc1S(=O)(=O)NCC(O)Cc1cccc(F)c1. The van der Waals surface area contributed by atoms with Crippen LogP contribution in [0, 0.1) is 5.82 Å². The molecule has 0 saturated carbocycles. The Morgan fingerprint density at radius 3 is 2.92 bits per heavy atom. The van der Waals surface area contributed by atoms with Gasteiger partial charge in [0.1, 0.15) is 5.82 Å². The fraction of sp³-hybridized carbons (Fsp3) is 0.286. The summed E-state index contributed by atoms with van der Waals surface area (Å²) in [5.41, 5.74) is 1.44. The number of hydrogen-bond acceptors (Lipinski definition) is 7. The van der Waals surface area contributed by atoms with E-state index in [1.807, 2.05) is 0 Å². The Balaban J connectivity index is 2.02. The van der Waals surface area contributed by atoms with E-state index in [-0.39, 0.29) is 22.9 Å². The van der Waals surface area contributed by atoms with E-state index in [0.717, 1.165) is 18.4 Å². The molecule has 2 aromatic rings. The first-order valence-corrected chi connectivity index (χ1v) is 9.13. The average molecular weight is 374 g/mol. The minimum atomic E-state index is -4.03. The number of halogens is 1. The molecule has 2 rings (SSSR count). The maximum atomic E-state index is 13.1. The summed E-state index contributed by atoms with van der Waals surface area (Å²) in [4.78, 5) is 15.2. The number of nitrogens with zero attached hydrogens (tertiary/aromatic N) is 1. The topological polar surface area (TPSA) is 106 Å². The zero-order valence-corrected chi connectivity index (χ0v) is 14.2. The largest absolute Gasteiger partial charge is 0.464 e. The van der Waals surface area contributed by atoms with Gasteiger partial charge in [-0.15, -0.1) is 11.3 Å². The molecule has 7 nitrogen and oxygen atoms in total. The van der Waals surface area contributed by atoms with E-state index in [1.165, 1.54) is 23.7 Å². The number of sulfonamides is 1. The summed E-state index contributed by atoms with van der Waals surface area (Å²) in [6, 6.07) is 5.66. The van der Waals surface area contributed by atoms with Gasteiger partial charge in [-0.1, -0.05) is 12.1 Å². The summed E-state index contributed by atoms with van der Waals surface area (Å²) in [6.45, 7) is -0.294. The van der Waals surface area contributed by atoms with E-state index in [4.69, 9.17) is 0 Å². The Morgan fingerprint density at radius 2 is 2.25 bits per heavy atom. The lowest BCUT2D eigenvalue weighted by Gasteiger charge is -2.12. The second kappa shape index (κ2) is 7.79. The number of esters is 1. The van der Waals surface area contributed by atoms with Crippen molar-refractivity contribution in [1.29, 1.82) is 0 Å². The minimum Gasteiger partial charge on any atom is -0.464 e. The predicted molar refractivity (Wildman–Crippen MR) is 84.8 cm³/mol. The molecule has 2 N–H and O–H groups in total. The van der Waals surface area contributed by atoms with Crippen molar-refractivity contribution in [2.24, 2.45) is 0 Å². The quantitative estimate of drug-likeness (QED) is 0.699. The van der Waals surface area contributed by atoms with Gasteiger partial charge in [0.05, 0.1) is 18.7 Å². The summed E-state index contributed by atoms with van der Waals surface area (Å²) in [5.74, 6) is -1.30. The van der Waals surface area contributed by atoms with Gasteiger partial charge in [-0.05, 0) is 24.1 Å². The third-order valence-electron chi connectivity index (χ3n) is 3.03. The first-order valence-electron chi connectivity index (χ1n) is 6.77. The number of aliphatic hydroxyl groups is 1. The van der Waals surface area contributed by atoms with Crippen molar-refractivity contribution in [3.05, 3.63) is 46.9 Å². The number of carbonyl (C=O) groups excluding carboxylic acids is 1. The van der Waals surface area contributed by atoms with Gasteiger partial charge in [-0.3, -0.25) is 0 Å². The number of thiazole rings is 1. The van der Waals surface area contributed by atoms with Crippen LogP contribution in [-0.2, 0) is 21.2 Å². The Bertz CT molecular complexity index is 822. The van der Waals surface area contributed by atoms with Gasteiger partial charge in [-0.2, -0.15) is 0 Å². The van der Waals surface area contributed by atoms with Crippen molar-refractivity contribution in [3.8, 4) is 0 Å². The summed E-state index contributed by atoms with van der Waals surface area (Å²) in [6.07, 6.45) is -0.983. The lowest BCUT2D eigenvalue weighted by atomic mass is 10.1. The number of aliphatic hydroxyl groups excluding tert-OH is 1. The van der Waals surface area contributed by atoms with Gasteiger partial charge in [-0.25, -0.2) is 27.3 Å². The number of aromatic nitrogens is 1. The van der Waals surface area contributed by atoms with Crippen LogP contribution in [0.2, 0.25) is 0 Å². The van der Waals surface area contributed by atoms with E-state index in [1.54, 1.807) is 6.07 Å². The molecule has 1 aromatic heterocycles. The van der Waals surface area contributed by atoms with Gasteiger partial charge in [0.2, 0.25) is 0 Å². The highest BCUT2D eigenvalue weighted by Crippen LogP contribution is 2.20. The molecule has 1 heterocycles. The van der Waals surface area contributed by atoms with Crippen LogP contribution < -0.4 is 4.72 Å². The van der Waals surface area contributed by atoms with E-state index < -0.39 is 27.9 Å². The fourth-order valence-electron chi connectivity index (χ4n) is 1.94. The molecule has 130 valence electrons. The van der Waals surface area contributed by atoms with Gasteiger partial charge in [0, 0.05) is 6.54 Å². The molecule has 0 spiro atoms. The summed E-state index contributed by atoms with van der Waals surface area (Å²) < 4.78 is 43.9. The molecule has 24 heavy (non-hydrogen) atoms. The van der Waals surface area contributed by atoms with Crippen molar-refractivity contribution in [1.82, 2.24) is 9.71 Å². The minimum absolute atomic E-state index is 0.0762. The maximum Gasteiger partial charge on any atom is 0.358 e. The molecular formula is C14H15FN2O5S2. The lowest BCUT2D eigenvalue weighted by Crippen LogP contribution is -2.33. The van der Waals surface area contributed by atoms with E-state index in [0.29, 0.717) is 5.56 Å². The number of rotatable bonds is 7. The molecule has 0 bridgehead atoms. The summed E-state index contributed by atoms with van der Waals surface area (Å²) in [7, 11) is -2.91. The van der Waals surface area contributed by atoms with Crippen molar-refractivity contribution >= 4 is 27.3 Å². The van der Waals surface area contributed by atoms with E-state index >= 15 is 0 Å².